The summed E-state index contributed by atoms with van der Waals surface area (Å²) in [5.41, 5.74) is 8.52. The summed E-state index contributed by atoms with van der Waals surface area (Å²) < 4.78 is 0. The molecule has 1 saturated carbocycles. The second-order valence-corrected chi connectivity index (χ2v) is 6.36. The third kappa shape index (κ3) is 3.73. The predicted molar refractivity (Wildman–Crippen MR) is 83.5 cm³/mol. The Balaban J connectivity index is 2.16. The fourth-order valence-electron chi connectivity index (χ4n) is 3.04. The summed E-state index contributed by atoms with van der Waals surface area (Å²) in [5, 5.41) is 0. The lowest BCUT2D eigenvalue weighted by molar-refractivity contribution is 0.536. The fraction of sp³-hybridized carbons (Fsp3) is 0.647. The molecule has 1 aromatic carbocycles. The van der Waals surface area contributed by atoms with Crippen molar-refractivity contribution in [3.8, 4) is 0 Å². The van der Waals surface area contributed by atoms with E-state index < -0.39 is 0 Å². The maximum Gasteiger partial charge on any atom is 0.0369 e. The smallest absolute Gasteiger partial charge is 0.0369 e. The van der Waals surface area contributed by atoms with E-state index in [1.807, 2.05) is 6.92 Å². The molecular weight excluding hydrogens is 232 g/mol. The van der Waals surface area contributed by atoms with Crippen molar-refractivity contribution in [2.24, 2.45) is 11.7 Å². The zero-order valence-corrected chi connectivity index (χ0v) is 12.6. The van der Waals surface area contributed by atoms with Crippen molar-refractivity contribution in [1.29, 1.82) is 0 Å². The third-order valence-electron chi connectivity index (χ3n) is 4.08. The summed E-state index contributed by atoms with van der Waals surface area (Å²) in [6.45, 7) is 7.80. The standard InChI is InChI=1S/C17H28N2/c1-13(2)12-19(16-6-4-5-7-16)17-10-8-15(9-11-17)14(3)18/h8-11,13-14,16H,4-7,12,18H2,1-3H3. The Hall–Kier alpha value is -1.02. The van der Waals surface area contributed by atoms with Crippen molar-refractivity contribution >= 4 is 5.69 Å². The van der Waals surface area contributed by atoms with Crippen molar-refractivity contribution in [2.45, 2.75) is 58.5 Å². The van der Waals surface area contributed by atoms with E-state index in [4.69, 9.17) is 5.73 Å². The van der Waals surface area contributed by atoms with Crippen LogP contribution in [0, 0.1) is 5.92 Å². The molecule has 0 aromatic heterocycles. The number of nitrogens with two attached hydrogens (primary N) is 1. The lowest BCUT2D eigenvalue weighted by Gasteiger charge is -2.33. The van der Waals surface area contributed by atoms with Gasteiger partial charge >= 0.3 is 0 Å². The minimum Gasteiger partial charge on any atom is -0.368 e. The highest BCUT2D eigenvalue weighted by Gasteiger charge is 2.23. The first-order chi connectivity index (χ1) is 9.08. The van der Waals surface area contributed by atoms with Gasteiger partial charge in [0.15, 0.2) is 0 Å². The van der Waals surface area contributed by atoms with Gasteiger partial charge in [0.1, 0.15) is 0 Å². The molecular formula is C17H28N2. The average Bonchev–Trinajstić information content (AvgIpc) is 2.89. The molecule has 1 aromatic rings. The van der Waals surface area contributed by atoms with Crippen LogP contribution in [0.2, 0.25) is 0 Å². The van der Waals surface area contributed by atoms with Crippen LogP contribution in [-0.2, 0) is 0 Å². The average molecular weight is 260 g/mol. The molecule has 0 amide bonds. The molecule has 0 aliphatic heterocycles. The lowest BCUT2D eigenvalue weighted by Crippen LogP contribution is -2.36. The van der Waals surface area contributed by atoms with Gasteiger partial charge in [-0.1, -0.05) is 38.8 Å². The first-order valence-corrected chi connectivity index (χ1v) is 7.70. The van der Waals surface area contributed by atoms with Gasteiger partial charge in [-0.3, -0.25) is 0 Å². The Labute approximate surface area is 118 Å². The van der Waals surface area contributed by atoms with E-state index >= 15 is 0 Å². The van der Waals surface area contributed by atoms with Gasteiger partial charge in [0.2, 0.25) is 0 Å². The third-order valence-corrected chi connectivity index (χ3v) is 4.08. The van der Waals surface area contributed by atoms with Gasteiger partial charge in [-0.05, 0) is 43.4 Å². The molecule has 1 aliphatic rings. The Morgan fingerprint density at radius 3 is 2.16 bits per heavy atom. The number of hydrogen-bond acceptors (Lipinski definition) is 2. The summed E-state index contributed by atoms with van der Waals surface area (Å²) in [5.74, 6) is 0.703. The topological polar surface area (TPSA) is 29.3 Å². The summed E-state index contributed by atoms with van der Waals surface area (Å²) in [4.78, 5) is 2.61. The number of hydrogen-bond donors (Lipinski definition) is 1. The summed E-state index contributed by atoms with van der Waals surface area (Å²) in [6, 6.07) is 9.73. The van der Waals surface area contributed by atoms with Crippen molar-refractivity contribution in [2.75, 3.05) is 11.4 Å². The van der Waals surface area contributed by atoms with Crippen LogP contribution in [0.3, 0.4) is 0 Å². The molecule has 0 bridgehead atoms. The fourth-order valence-corrected chi connectivity index (χ4v) is 3.04. The molecule has 2 heteroatoms. The molecule has 0 heterocycles. The van der Waals surface area contributed by atoms with Gasteiger partial charge in [0.25, 0.3) is 0 Å². The molecule has 106 valence electrons. The predicted octanol–water partition coefficient (Wildman–Crippen LogP) is 4.11. The van der Waals surface area contributed by atoms with E-state index in [0.29, 0.717) is 5.92 Å². The van der Waals surface area contributed by atoms with Crippen LogP contribution in [0.25, 0.3) is 0 Å². The molecule has 19 heavy (non-hydrogen) atoms. The van der Waals surface area contributed by atoms with Crippen molar-refractivity contribution in [3.63, 3.8) is 0 Å². The molecule has 1 atom stereocenters. The maximum atomic E-state index is 5.93. The molecule has 1 unspecified atom stereocenters. The van der Waals surface area contributed by atoms with Gasteiger partial charge in [0, 0.05) is 24.3 Å². The highest BCUT2D eigenvalue weighted by molar-refractivity contribution is 5.49. The number of anilines is 1. The van der Waals surface area contributed by atoms with Crippen LogP contribution in [0.4, 0.5) is 5.69 Å². The monoisotopic (exact) mass is 260 g/mol. The van der Waals surface area contributed by atoms with E-state index in [1.165, 1.54) is 36.9 Å². The Bertz CT molecular complexity index is 375. The van der Waals surface area contributed by atoms with E-state index in [9.17, 15) is 0 Å². The molecule has 1 aliphatic carbocycles. The highest BCUT2D eigenvalue weighted by Crippen LogP contribution is 2.29. The Morgan fingerprint density at radius 1 is 1.11 bits per heavy atom. The minimum atomic E-state index is 0.124. The van der Waals surface area contributed by atoms with Gasteiger partial charge in [-0.25, -0.2) is 0 Å². The van der Waals surface area contributed by atoms with Gasteiger partial charge in [-0.2, -0.15) is 0 Å². The number of benzene rings is 1. The van der Waals surface area contributed by atoms with E-state index in [1.54, 1.807) is 0 Å². The van der Waals surface area contributed by atoms with Gasteiger partial charge < -0.3 is 10.6 Å². The zero-order valence-electron chi connectivity index (χ0n) is 12.6. The second kappa shape index (κ2) is 6.42. The van der Waals surface area contributed by atoms with Crippen molar-refractivity contribution in [3.05, 3.63) is 29.8 Å². The van der Waals surface area contributed by atoms with Crippen molar-refractivity contribution in [1.82, 2.24) is 0 Å². The Morgan fingerprint density at radius 2 is 1.68 bits per heavy atom. The van der Waals surface area contributed by atoms with Crippen molar-refractivity contribution < 1.29 is 0 Å². The summed E-state index contributed by atoms with van der Waals surface area (Å²) >= 11 is 0. The lowest BCUT2D eigenvalue weighted by atomic mass is 10.1. The van der Waals surface area contributed by atoms with Crippen LogP contribution < -0.4 is 10.6 Å². The van der Waals surface area contributed by atoms with Crippen LogP contribution in [-0.4, -0.2) is 12.6 Å². The number of nitrogens with zero attached hydrogens (tertiary/aromatic N) is 1. The second-order valence-electron chi connectivity index (χ2n) is 6.36. The molecule has 2 rings (SSSR count). The van der Waals surface area contributed by atoms with Crippen LogP contribution in [0.5, 0.6) is 0 Å². The molecule has 2 nitrogen and oxygen atoms in total. The molecule has 0 saturated heterocycles. The normalized spacial score (nSPS) is 17.9. The maximum absolute atomic E-state index is 5.93. The van der Waals surface area contributed by atoms with E-state index in [2.05, 4.69) is 43.0 Å². The SMILES string of the molecule is CC(C)CN(c1ccc(C(C)N)cc1)C1CCCC1. The largest absolute Gasteiger partial charge is 0.368 e. The Kier molecular flexibility index (Phi) is 4.87. The highest BCUT2D eigenvalue weighted by atomic mass is 15.2. The summed E-state index contributed by atoms with van der Waals surface area (Å²) in [7, 11) is 0. The number of rotatable bonds is 5. The van der Waals surface area contributed by atoms with Gasteiger partial charge in [-0.15, -0.1) is 0 Å². The minimum absolute atomic E-state index is 0.124. The van der Waals surface area contributed by atoms with E-state index in [0.717, 1.165) is 12.6 Å². The molecule has 2 N–H and O–H groups in total. The molecule has 0 radical (unpaired) electrons. The first kappa shape index (κ1) is 14.4. The van der Waals surface area contributed by atoms with Gasteiger partial charge in [0.05, 0.1) is 0 Å². The summed E-state index contributed by atoms with van der Waals surface area (Å²) in [6.07, 6.45) is 5.47. The zero-order chi connectivity index (χ0) is 13.8. The van der Waals surface area contributed by atoms with E-state index in [-0.39, 0.29) is 6.04 Å². The quantitative estimate of drug-likeness (QED) is 0.863. The molecule has 1 fully saturated rings. The first-order valence-electron chi connectivity index (χ1n) is 7.70. The van der Waals surface area contributed by atoms with Crippen LogP contribution in [0.1, 0.15) is 58.1 Å². The molecule has 0 spiro atoms. The van der Waals surface area contributed by atoms with Crippen LogP contribution in [0.15, 0.2) is 24.3 Å². The van der Waals surface area contributed by atoms with Crippen LogP contribution >= 0.6 is 0 Å².